The summed E-state index contributed by atoms with van der Waals surface area (Å²) in [5.74, 6) is 4.81. The summed E-state index contributed by atoms with van der Waals surface area (Å²) in [7, 11) is 0. The molecule has 0 aromatic heterocycles. The average Bonchev–Trinajstić information content (AvgIpc) is 2.27. The van der Waals surface area contributed by atoms with E-state index >= 15 is 0 Å². The van der Waals surface area contributed by atoms with Crippen LogP contribution in [0, 0.1) is 11.8 Å². The van der Waals surface area contributed by atoms with E-state index in [1.54, 1.807) is 6.92 Å². The minimum Gasteiger partial charge on any atom is -0.394 e. The van der Waals surface area contributed by atoms with E-state index in [0.717, 1.165) is 5.56 Å². The standard InChI is InChI=1S/C12H13NO2/c1-10(9-14)13-12(15)8-7-11-5-3-2-4-6-11/h2-6,10,14H,9H2,1H3,(H,13,15). The second-order valence-electron chi connectivity index (χ2n) is 3.17. The first kappa shape index (κ1) is 11.3. The molecule has 2 N–H and O–H groups in total. The second kappa shape index (κ2) is 5.84. The van der Waals surface area contributed by atoms with E-state index in [2.05, 4.69) is 17.2 Å². The fourth-order valence-electron chi connectivity index (χ4n) is 0.956. The zero-order valence-electron chi connectivity index (χ0n) is 8.53. The summed E-state index contributed by atoms with van der Waals surface area (Å²) in [6.45, 7) is 1.63. The van der Waals surface area contributed by atoms with Crippen LogP contribution in [0.25, 0.3) is 0 Å². The molecule has 0 bridgehead atoms. The maximum atomic E-state index is 11.2. The smallest absolute Gasteiger partial charge is 0.296 e. The van der Waals surface area contributed by atoms with Crippen LogP contribution in [-0.2, 0) is 4.79 Å². The first-order chi connectivity index (χ1) is 7.22. The van der Waals surface area contributed by atoms with Crippen molar-refractivity contribution in [1.29, 1.82) is 0 Å². The largest absolute Gasteiger partial charge is 0.394 e. The van der Waals surface area contributed by atoms with Gasteiger partial charge >= 0.3 is 0 Å². The molecule has 15 heavy (non-hydrogen) atoms. The SMILES string of the molecule is CC(CO)NC(=O)C#Cc1ccccc1. The summed E-state index contributed by atoms with van der Waals surface area (Å²) < 4.78 is 0. The van der Waals surface area contributed by atoms with Crippen molar-refractivity contribution in [3.8, 4) is 11.8 Å². The molecule has 0 saturated carbocycles. The maximum absolute atomic E-state index is 11.2. The van der Waals surface area contributed by atoms with E-state index in [0.29, 0.717) is 0 Å². The van der Waals surface area contributed by atoms with E-state index in [1.807, 2.05) is 30.3 Å². The third-order valence-electron chi connectivity index (χ3n) is 1.75. The molecular weight excluding hydrogens is 190 g/mol. The summed E-state index contributed by atoms with van der Waals surface area (Å²) in [5, 5.41) is 11.2. The number of rotatable bonds is 2. The minimum absolute atomic E-state index is 0.0846. The number of aliphatic hydroxyl groups is 1. The molecule has 1 amide bonds. The van der Waals surface area contributed by atoms with Crippen LogP contribution >= 0.6 is 0 Å². The van der Waals surface area contributed by atoms with Crippen molar-refractivity contribution in [3.05, 3.63) is 35.9 Å². The zero-order chi connectivity index (χ0) is 11.1. The molecule has 0 aliphatic rings. The number of carbonyl (C=O) groups is 1. The number of amides is 1. The fraction of sp³-hybridized carbons (Fsp3) is 0.250. The molecule has 1 atom stereocenters. The summed E-state index contributed by atoms with van der Waals surface area (Å²) >= 11 is 0. The first-order valence-corrected chi connectivity index (χ1v) is 4.71. The fourth-order valence-corrected chi connectivity index (χ4v) is 0.956. The Hall–Kier alpha value is -1.79. The van der Waals surface area contributed by atoms with Crippen LogP contribution in [-0.4, -0.2) is 23.7 Å². The molecule has 0 aliphatic heterocycles. The lowest BCUT2D eigenvalue weighted by Gasteiger charge is -2.05. The Labute approximate surface area is 89.1 Å². The monoisotopic (exact) mass is 203 g/mol. The summed E-state index contributed by atoms with van der Waals surface area (Å²) in [6, 6.07) is 9.00. The first-order valence-electron chi connectivity index (χ1n) is 4.71. The van der Waals surface area contributed by atoms with Gasteiger partial charge in [-0.25, -0.2) is 0 Å². The molecule has 0 spiro atoms. The lowest BCUT2D eigenvalue weighted by Crippen LogP contribution is -2.33. The molecular formula is C12H13NO2. The van der Waals surface area contributed by atoms with Gasteiger partial charge in [-0.1, -0.05) is 24.1 Å². The van der Waals surface area contributed by atoms with Crippen LogP contribution < -0.4 is 5.32 Å². The highest BCUT2D eigenvalue weighted by Gasteiger charge is 2.01. The topological polar surface area (TPSA) is 49.3 Å². The second-order valence-corrected chi connectivity index (χ2v) is 3.17. The highest BCUT2D eigenvalue weighted by atomic mass is 16.3. The van der Waals surface area contributed by atoms with E-state index in [-0.39, 0.29) is 18.6 Å². The van der Waals surface area contributed by atoms with Gasteiger partial charge in [-0.15, -0.1) is 0 Å². The molecule has 1 unspecified atom stereocenters. The number of carbonyl (C=O) groups excluding carboxylic acids is 1. The molecule has 78 valence electrons. The Balaban J connectivity index is 2.55. The van der Waals surface area contributed by atoms with Crippen molar-refractivity contribution >= 4 is 5.91 Å². The Kier molecular flexibility index (Phi) is 4.39. The number of aliphatic hydroxyl groups excluding tert-OH is 1. The van der Waals surface area contributed by atoms with Gasteiger partial charge in [0.05, 0.1) is 12.6 Å². The van der Waals surface area contributed by atoms with Crippen LogP contribution in [0.2, 0.25) is 0 Å². The van der Waals surface area contributed by atoms with Gasteiger partial charge in [-0.2, -0.15) is 0 Å². The van der Waals surface area contributed by atoms with Crippen LogP contribution in [0.1, 0.15) is 12.5 Å². The minimum atomic E-state index is -0.375. The van der Waals surface area contributed by atoms with Gasteiger partial charge in [0.15, 0.2) is 0 Å². The summed E-state index contributed by atoms with van der Waals surface area (Å²) in [5.41, 5.74) is 0.796. The zero-order valence-corrected chi connectivity index (χ0v) is 8.53. The summed E-state index contributed by atoms with van der Waals surface area (Å²) in [4.78, 5) is 11.2. The van der Waals surface area contributed by atoms with E-state index in [4.69, 9.17) is 5.11 Å². The highest BCUT2D eigenvalue weighted by Crippen LogP contribution is 1.94. The van der Waals surface area contributed by atoms with Gasteiger partial charge in [0.1, 0.15) is 0 Å². The molecule has 0 heterocycles. The molecule has 0 fully saturated rings. The molecule has 3 heteroatoms. The van der Waals surface area contributed by atoms with Crippen LogP contribution in [0.15, 0.2) is 30.3 Å². The predicted molar refractivity (Wildman–Crippen MR) is 58.0 cm³/mol. The van der Waals surface area contributed by atoms with Gasteiger partial charge in [-0.3, -0.25) is 4.79 Å². The van der Waals surface area contributed by atoms with E-state index < -0.39 is 0 Å². The van der Waals surface area contributed by atoms with Gasteiger partial charge in [0, 0.05) is 11.5 Å². The number of benzene rings is 1. The van der Waals surface area contributed by atoms with Gasteiger partial charge in [0.25, 0.3) is 5.91 Å². The Morgan fingerprint density at radius 1 is 1.47 bits per heavy atom. The maximum Gasteiger partial charge on any atom is 0.296 e. The number of hydrogen-bond acceptors (Lipinski definition) is 2. The van der Waals surface area contributed by atoms with E-state index in [1.165, 1.54) is 0 Å². The molecule has 0 aliphatic carbocycles. The lowest BCUT2D eigenvalue weighted by atomic mass is 10.2. The molecule has 3 nitrogen and oxygen atoms in total. The third kappa shape index (κ3) is 4.30. The molecule has 1 aromatic rings. The highest BCUT2D eigenvalue weighted by molar-refractivity contribution is 5.94. The van der Waals surface area contributed by atoms with Crippen molar-refractivity contribution in [1.82, 2.24) is 5.32 Å². The van der Waals surface area contributed by atoms with Gasteiger partial charge in [0.2, 0.25) is 0 Å². The lowest BCUT2D eigenvalue weighted by molar-refractivity contribution is -0.116. The van der Waals surface area contributed by atoms with Crippen molar-refractivity contribution in [3.63, 3.8) is 0 Å². The Bertz CT molecular complexity index is 376. The van der Waals surface area contributed by atoms with Crippen molar-refractivity contribution < 1.29 is 9.90 Å². The van der Waals surface area contributed by atoms with Crippen molar-refractivity contribution in [2.24, 2.45) is 0 Å². The van der Waals surface area contributed by atoms with Crippen molar-refractivity contribution in [2.75, 3.05) is 6.61 Å². The normalized spacial score (nSPS) is 11.1. The third-order valence-corrected chi connectivity index (χ3v) is 1.75. The molecule has 0 radical (unpaired) electrons. The van der Waals surface area contributed by atoms with Crippen molar-refractivity contribution in [2.45, 2.75) is 13.0 Å². The van der Waals surface area contributed by atoms with Crippen LogP contribution in [0.3, 0.4) is 0 Å². The number of nitrogens with one attached hydrogen (secondary N) is 1. The average molecular weight is 203 g/mol. The summed E-state index contributed by atoms with van der Waals surface area (Å²) in [6.07, 6.45) is 0. The predicted octanol–water partition coefficient (Wildman–Crippen LogP) is 0.535. The molecule has 0 saturated heterocycles. The van der Waals surface area contributed by atoms with Gasteiger partial charge in [-0.05, 0) is 19.1 Å². The Morgan fingerprint density at radius 3 is 2.73 bits per heavy atom. The molecule has 1 rings (SSSR count). The number of hydrogen-bond donors (Lipinski definition) is 2. The Morgan fingerprint density at radius 2 is 2.13 bits per heavy atom. The van der Waals surface area contributed by atoms with Gasteiger partial charge < -0.3 is 10.4 Å². The van der Waals surface area contributed by atoms with Crippen LogP contribution in [0.5, 0.6) is 0 Å². The van der Waals surface area contributed by atoms with E-state index in [9.17, 15) is 4.79 Å². The quantitative estimate of drug-likeness (QED) is 0.689. The van der Waals surface area contributed by atoms with Crippen LogP contribution in [0.4, 0.5) is 0 Å². The molecule has 1 aromatic carbocycles.